The number of hydrogen-bond donors (Lipinski definition) is 0. The maximum absolute atomic E-state index is 13.0. The number of para-hydroxylation sites is 1. The van der Waals surface area contributed by atoms with Gasteiger partial charge in [0.2, 0.25) is 5.91 Å². The topological polar surface area (TPSA) is 89.0 Å². The Kier molecular flexibility index (Phi) is 6.46. The third-order valence-corrected chi connectivity index (χ3v) is 5.86. The summed E-state index contributed by atoms with van der Waals surface area (Å²) in [5.41, 5.74) is 3.14. The van der Waals surface area contributed by atoms with Crippen LogP contribution in [-0.2, 0) is 31.9 Å². The van der Waals surface area contributed by atoms with Gasteiger partial charge >= 0.3 is 5.97 Å². The van der Waals surface area contributed by atoms with Crippen molar-refractivity contribution in [3.05, 3.63) is 41.1 Å². The molecule has 1 aromatic carbocycles. The Morgan fingerprint density at radius 2 is 1.87 bits per heavy atom. The van der Waals surface area contributed by atoms with Gasteiger partial charge in [-0.25, -0.2) is 4.79 Å². The maximum Gasteiger partial charge on any atom is 0.339 e. The van der Waals surface area contributed by atoms with Gasteiger partial charge in [-0.2, -0.15) is 0 Å². The summed E-state index contributed by atoms with van der Waals surface area (Å²) in [6, 6.07) is 7.51. The Morgan fingerprint density at radius 3 is 2.68 bits per heavy atom. The standard InChI is InChI=1S/C23H27N3O5/c1-25(14-20(27)26-10-12-30-13-11-26)21(28)15-31-23(29)22-16-6-2-4-8-18(16)24-19-9-5-3-7-17(19)22/h2,4,6,8H,3,5,7,9-15H2,1H3. The molecule has 2 aliphatic rings. The highest BCUT2D eigenvalue weighted by Gasteiger charge is 2.25. The number of esters is 1. The molecule has 8 nitrogen and oxygen atoms in total. The molecule has 1 aliphatic carbocycles. The fourth-order valence-electron chi connectivity index (χ4n) is 4.12. The number of likely N-dealkylation sites (N-methyl/N-ethyl adjacent to an activating group) is 1. The zero-order valence-corrected chi connectivity index (χ0v) is 17.8. The number of ether oxygens (including phenoxy) is 2. The zero-order valence-electron chi connectivity index (χ0n) is 17.8. The van der Waals surface area contributed by atoms with Crippen molar-refractivity contribution in [3.63, 3.8) is 0 Å². The van der Waals surface area contributed by atoms with Crippen molar-refractivity contribution in [1.29, 1.82) is 0 Å². The molecule has 2 amide bonds. The minimum absolute atomic E-state index is 0.0516. The van der Waals surface area contributed by atoms with Crippen molar-refractivity contribution in [3.8, 4) is 0 Å². The number of nitrogens with zero attached hydrogens (tertiary/aromatic N) is 3. The minimum atomic E-state index is -0.516. The lowest BCUT2D eigenvalue weighted by Gasteiger charge is -2.28. The van der Waals surface area contributed by atoms with Gasteiger partial charge in [-0.1, -0.05) is 18.2 Å². The molecule has 1 fully saturated rings. The molecule has 4 rings (SSSR count). The van der Waals surface area contributed by atoms with Crippen LogP contribution in [0.3, 0.4) is 0 Å². The van der Waals surface area contributed by atoms with Crippen LogP contribution in [0, 0.1) is 0 Å². The number of amides is 2. The predicted molar refractivity (Wildman–Crippen MR) is 114 cm³/mol. The first-order chi connectivity index (χ1) is 15.0. The van der Waals surface area contributed by atoms with Crippen molar-refractivity contribution >= 4 is 28.7 Å². The van der Waals surface area contributed by atoms with E-state index in [9.17, 15) is 14.4 Å². The number of pyridine rings is 1. The van der Waals surface area contributed by atoms with Crippen molar-refractivity contribution in [2.45, 2.75) is 25.7 Å². The SMILES string of the molecule is CN(CC(=O)N1CCOCC1)C(=O)COC(=O)c1c2c(nc3ccccc13)CCCC2. The number of carbonyl (C=O) groups is 3. The molecule has 164 valence electrons. The van der Waals surface area contributed by atoms with Crippen LogP contribution >= 0.6 is 0 Å². The van der Waals surface area contributed by atoms with Crippen LogP contribution in [0.2, 0.25) is 0 Å². The van der Waals surface area contributed by atoms with Gasteiger partial charge < -0.3 is 19.3 Å². The highest BCUT2D eigenvalue weighted by atomic mass is 16.5. The number of rotatable bonds is 5. The first kappa shape index (κ1) is 21.2. The Labute approximate surface area is 181 Å². The Hall–Kier alpha value is -3.00. The van der Waals surface area contributed by atoms with Crippen LogP contribution in [0.25, 0.3) is 10.9 Å². The van der Waals surface area contributed by atoms with Gasteiger partial charge in [0, 0.05) is 31.2 Å². The summed E-state index contributed by atoms with van der Waals surface area (Å²) in [5.74, 6) is -1.07. The molecule has 0 radical (unpaired) electrons. The summed E-state index contributed by atoms with van der Waals surface area (Å²) < 4.78 is 10.7. The first-order valence-corrected chi connectivity index (χ1v) is 10.7. The molecule has 31 heavy (non-hydrogen) atoms. The quantitative estimate of drug-likeness (QED) is 0.676. The molecular formula is C23H27N3O5. The molecule has 0 N–H and O–H groups in total. The van der Waals surface area contributed by atoms with Crippen LogP contribution in [0.15, 0.2) is 24.3 Å². The second kappa shape index (κ2) is 9.43. The van der Waals surface area contributed by atoms with Crippen LogP contribution in [0.1, 0.15) is 34.5 Å². The zero-order chi connectivity index (χ0) is 21.8. The number of hydrogen-bond acceptors (Lipinski definition) is 6. The molecule has 8 heteroatoms. The van der Waals surface area contributed by atoms with Gasteiger partial charge in [0.05, 0.1) is 30.8 Å². The van der Waals surface area contributed by atoms with E-state index in [0.717, 1.165) is 47.8 Å². The van der Waals surface area contributed by atoms with E-state index in [1.807, 2.05) is 24.3 Å². The van der Waals surface area contributed by atoms with E-state index in [0.29, 0.717) is 31.9 Å². The Morgan fingerprint density at radius 1 is 1.13 bits per heavy atom. The number of aryl methyl sites for hydroxylation is 1. The normalized spacial score (nSPS) is 16.0. The summed E-state index contributed by atoms with van der Waals surface area (Å²) in [6.45, 7) is 1.60. The average Bonchev–Trinajstić information content (AvgIpc) is 2.81. The number of benzene rings is 1. The van der Waals surface area contributed by atoms with Gasteiger partial charge in [0.25, 0.3) is 5.91 Å². The maximum atomic E-state index is 13.0. The molecule has 0 saturated carbocycles. The molecule has 0 bridgehead atoms. The largest absolute Gasteiger partial charge is 0.452 e. The van der Waals surface area contributed by atoms with Crippen molar-refractivity contribution in [2.75, 3.05) is 46.5 Å². The van der Waals surface area contributed by atoms with Gasteiger partial charge in [0.1, 0.15) is 0 Å². The molecule has 1 aromatic heterocycles. The Bertz CT molecular complexity index is 1000. The van der Waals surface area contributed by atoms with E-state index in [4.69, 9.17) is 14.5 Å². The monoisotopic (exact) mass is 425 g/mol. The highest BCUT2D eigenvalue weighted by molar-refractivity contribution is 6.05. The summed E-state index contributed by atoms with van der Waals surface area (Å²) in [7, 11) is 1.54. The minimum Gasteiger partial charge on any atom is -0.452 e. The van der Waals surface area contributed by atoms with Crippen molar-refractivity contribution in [2.24, 2.45) is 0 Å². The van der Waals surface area contributed by atoms with Crippen LogP contribution in [-0.4, -0.2) is 79.1 Å². The van der Waals surface area contributed by atoms with E-state index in [1.165, 1.54) is 11.9 Å². The van der Waals surface area contributed by atoms with E-state index >= 15 is 0 Å². The number of carbonyl (C=O) groups excluding carboxylic acids is 3. The summed E-state index contributed by atoms with van der Waals surface area (Å²) >= 11 is 0. The van der Waals surface area contributed by atoms with Crippen molar-refractivity contribution in [1.82, 2.24) is 14.8 Å². The highest BCUT2D eigenvalue weighted by Crippen LogP contribution is 2.29. The predicted octanol–water partition coefficient (Wildman–Crippen LogP) is 1.59. The lowest BCUT2D eigenvalue weighted by atomic mass is 9.90. The van der Waals surface area contributed by atoms with E-state index in [-0.39, 0.29) is 12.5 Å². The molecule has 1 aliphatic heterocycles. The summed E-state index contributed by atoms with van der Waals surface area (Å²) in [5, 5.41) is 0.747. The van der Waals surface area contributed by atoms with Gasteiger partial charge in [-0.3, -0.25) is 14.6 Å². The van der Waals surface area contributed by atoms with E-state index in [1.54, 1.807) is 4.90 Å². The third kappa shape index (κ3) is 4.69. The number of aromatic nitrogens is 1. The molecule has 0 unspecified atom stereocenters. The molecular weight excluding hydrogens is 398 g/mol. The van der Waals surface area contributed by atoms with Gasteiger partial charge in [0.15, 0.2) is 6.61 Å². The molecule has 2 heterocycles. The number of fused-ring (bicyclic) bond motifs is 2. The third-order valence-electron chi connectivity index (χ3n) is 5.86. The van der Waals surface area contributed by atoms with Crippen molar-refractivity contribution < 1.29 is 23.9 Å². The van der Waals surface area contributed by atoms with Gasteiger partial charge in [-0.15, -0.1) is 0 Å². The van der Waals surface area contributed by atoms with E-state index in [2.05, 4.69) is 0 Å². The fraction of sp³-hybridized carbons (Fsp3) is 0.478. The summed E-state index contributed by atoms with van der Waals surface area (Å²) in [4.78, 5) is 45.5. The van der Waals surface area contributed by atoms with Crippen LogP contribution in [0.5, 0.6) is 0 Å². The molecule has 1 saturated heterocycles. The molecule has 0 atom stereocenters. The lowest BCUT2D eigenvalue weighted by Crippen LogP contribution is -2.46. The second-order valence-electron chi connectivity index (χ2n) is 7.96. The fourth-order valence-corrected chi connectivity index (χ4v) is 4.12. The van der Waals surface area contributed by atoms with Gasteiger partial charge in [-0.05, 0) is 37.3 Å². The second-order valence-corrected chi connectivity index (χ2v) is 7.96. The Balaban J connectivity index is 1.43. The molecule has 0 spiro atoms. The van der Waals surface area contributed by atoms with Crippen LogP contribution in [0.4, 0.5) is 0 Å². The van der Waals surface area contributed by atoms with E-state index < -0.39 is 18.5 Å². The first-order valence-electron chi connectivity index (χ1n) is 10.7. The van der Waals surface area contributed by atoms with Crippen LogP contribution < -0.4 is 0 Å². The lowest BCUT2D eigenvalue weighted by molar-refractivity contribution is -0.143. The smallest absolute Gasteiger partial charge is 0.339 e. The number of morpholine rings is 1. The summed E-state index contributed by atoms with van der Waals surface area (Å²) in [6.07, 6.45) is 3.66. The average molecular weight is 425 g/mol. The molecule has 2 aromatic rings.